The molecular weight excluding hydrogens is 417 g/mol. The zero-order valence-corrected chi connectivity index (χ0v) is 18.4. The first-order valence-corrected chi connectivity index (χ1v) is 9.56. The van der Waals surface area contributed by atoms with Crippen molar-refractivity contribution < 1.29 is 67.3 Å². The van der Waals surface area contributed by atoms with E-state index in [0.717, 1.165) is 6.92 Å². The van der Waals surface area contributed by atoms with Crippen LogP contribution >= 0.6 is 0 Å². The second kappa shape index (κ2) is 8.03. The van der Waals surface area contributed by atoms with Crippen molar-refractivity contribution in [3.63, 3.8) is 0 Å². The molecule has 13 heteroatoms. The van der Waals surface area contributed by atoms with Gasteiger partial charge in [-0.05, 0) is 30.7 Å². The minimum absolute atomic E-state index is 0. The number of pyridine rings is 1. The number of primary amides is 1. The molecule has 2 fully saturated rings. The van der Waals surface area contributed by atoms with Crippen LogP contribution in [0.15, 0.2) is 23.9 Å². The molecule has 11 nitrogen and oxygen atoms in total. The summed E-state index contributed by atoms with van der Waals surface area (Å²) in [6, 6.07) is 1.13. The number of carbonyl (C=O) groups excluding carboxylic acids is 3. The Morgan fingerprint density at radius 3 is 2.69 bits per heavy atom. The van der Waals surface area contributed by atoms with Crippen molar-refractivity contribution >= 4 is 33.9 Å². The molecule has 0 unspecified atom stereocenters. The minimum Gasteiger partial charge on any atom is -0.548 e. The Bertz CT molecular complexity index is 1010. The predicted octanol–water partition coefficient (Wildman–Crippen LogP) is -5.47. The van der Waals surface area contributed by atoms with E-state index < -0.39 is 50.6 Å². The van der Waals surface area contributed by atoms with Crippen LogP contribution in [0.4, 0.5) is 4.79 Å². The molecule has 3 rings (SSSR count). The van der Waals surface area contributed by atoms with E-state index in [1.165, 1.54) is 24.4 Å². The number of carboxylic acids is 1. The number of nitrogens with two attached hydrogens (primary N) is 1. The van der Waals surface area contributed by atoms with Gasteiger partial charge in [-0.1, -0.05) is 0 Å². The Hall–Kier alpha value is -1.99. The smallest absolute Gasteiger partial charge is 0.548 e. The van der Waals surface area contributed by atoms with Crippen LogP contribution in [-0.2, 0) is 30.8 Å². The number of rotatable bonds is 5. The Labute approximate surface area is 187 Å². The Kier molecular flexibility index (Phi) is 6.45. The van der Waals surface area contributed by atoms with Gasteiger partial charge < -0.3 is 30.4 Å². The maximum Gasteiger partial charge on any atom is 1.00 e. The van der Waals surface area contributed by atoms with E-state index >= 15 is 0 Å². The number of aromatic nitrogens is 1. The molecule has 0 spiro atoms. The topological polar surface area (TPSA) is 180 Å². The minimum atomic E-state index is -4.33. The fourth-order valence-electron chi connectivity index (χ4n) is 3.42. The summed E-state index contributed by atoms with van der Waals surface area (Å²) in [6.45, 7) is -0.0789. The van der Waals surface area contributed by atoms with Gasteiger partial charge in [0.2, 0.25) is 0 Å². The maximum absolute atomic E-state index is 13.1. The van der Waals surface area contributed by atoms with Gasteiger partial charge in [-0.3, -0.25) is 9.78 Å². The largest absolute Gasteiger partial charge is 1.00 e. The molecule has 2 amide bonds. The molecular formula is C16H16N3NaO8S. The van der Waals surface area contributed by atoms with Crippen molar-refractivity contribution in [3.8, 4) is 0 Å². The van der Waals surface area contributed by atoms with Gasteiger partial charge in [0.1, 0.15) is 11.4 Å². The summed E-state index contributed by atoms with van der Waals surface area (Å²) in [5.74, 6) is -2.61. The van der Waals surface area contributed by atoms with Crippen molar-refractivity contribution in [1.29, 1.82) is 0 Å². The molecule has 0 saturated carbocycles. The fourth-order valence-corrected chi connectivity index (χ4v) is 5.70. The Morgan fingerprint density at radius 2 is 2.14 bits per heavy atom. The number of carbonyl (C=O) groups is 3. The van der Waals surface area contributed by atoms with Crippen LogP contribution in [0, 0.1) is 0 Å². The van der Waals surface area contributed by atoms with Gasteiger partial charge in [-0.15, -0.1) is 0 Å². The van der Waals surface area contributed by atoms with Gasteiger partial charge in [0.15, 0.2) is 15.2 Å². The van der Waals surface area contributed by atoms with E-state index in [1.807, 2.05) is 0 Å². The van der Waals surface area contributed by atoms with Gasteiger partial charge in [0, 0.05) is 6.20 Å². The summed E-state index contributed by atoms with van der Waals surface area (Å²) in [5.41, 5.74) is 5.40. The molecule has 3 heterocycles. The molecule has 3 atom stereocenters. The number of nitrogens with zero attached hydrogens (tertiary/aromatic N) is 2. The molecule has 0 aromatic carbocycles. The first-order chi connectivity index (χ1) is 13.0. The van der Waals surface area contributed by atoms with E-state index in [1.54, 1.807) is 0 Å². The van der Waals surface area contributed by atoms with Crippen molar-refractivity contribution in [3.05, 3.63) is 35.2 Å². The van der Waals surface area contributed by atoms with Crippen molar-refractivity contribution in [2.45, 2.75) is 29.7 Å². The molecule has 0 aliphatic carbocycles. The Balaban J connectivity index is 0.00000300. The molecule has 1 aromatic rings. The average Bonchev–Trinajstić information content (AvgIpc) is 2.80. The summed E-state index contributed by atoms with van der Waals surface area (Å²) in [6.07, 6.45) is 1.30. The van der Waals surface area contributed by atoms with Crippen LogP contribution in [0.25, 0.3) is 6.08 Å². The van der Waals surface area contributed by atoms with Crippen LogP contribution < -0.4 is 40.4 Å². The van der Waals surface area contributed by atoms with Gasteiger partial charge in [-0.25, -0.2) is 13.2 Å². The molecule has 2 saturated heterocycles. The van der Waals surface area contributed by atoms with E-state index in [0.29, 0.717) is 10.5 Å². The van der Waals surface area contributed by atoms with Crippen LogP contribution in [0.2, 0.25) is 0 Å². The monoisotopic (exact) mass is 433 g/mol. The van der Waals surface area contributed by atoms with Crippen molar-refractivity contribution in [2.75, 3.05) is 6.61 Å². The van der Waals surface area contributed by atoms with Gasteiger partial charge in [-0.2, -0.15) is 0 Å². The number of amides is 2. The number of ether oxygens (including phenoxy) is 1. The average molecular weight is 433 g/mol. The van der Waals surface area contributed by atoms with Gasteiger partial charge in [0.25, 0.3) is 5.91 Å². The number of fused-ring (bicyclic) bond motifs is 1. The molecule has 29 heavy (non-hydrogen) atoms. The summed E-state index contributed by atoms with van der Waals surface area (Å²) < 4.78 is 28.5. The quantitative estimate of drug-likeness (QED) is 0.260. The van der Waals surface area contributed by atoms with E-state index in [4.69, 9.17) is 5.73 Å². The second-order valence-corrected chi connectivity index (χ2v) is 9.07. The number of hydrogen-bond donors (Lipinski definition) is 2. The van der Waals surface area contributed by atoms with E-state index in [2.05, 4.69) is 9.72 Å². The van der Waals surface area contributed by atoms with Crippen molar-refractivity contribution in [1.82, 2.24) is 9.88 Å². The molecule has 2 aliphatic rings. The normalized spacial score (nSPS) is 28.3. The zero-order chi connectivity index (χ0) is 20.9. The maximum atomic E-state index is 13.1. The zero-order valence-electron chi connectivity index (χ0n) is 15.6. The number of aliphatic hydroxyl groups is 1. The first kappa shape index (κ1) is 23.3. The van der Waals surface area contributed by atoms with Crippen LogP contribution in [0.5, 0.6) is 0 Å². The summed E-state index contributed by atoms with van der Waals surface area (Å²) in [7, 11) is -4.33. The summed E-state index contributed by atoms with van der Waals surface area (Å²) >= 11 is 0. The fraction of sp³-hybridized carbons (Fsp3) is 0.375. The first-order valence-electron chi connectivity index (χ1n) is 8.01. The van der Waals surface area contributed by atoms with Crippen LogP contribution in [0.3, 0.4) is 0 Å². The van der Waals surface area contributed by atoms with Crippen molar-refractivity contribution in [2.24, 2.45) is 5.73 Å². The van der Waals surface area contributed by atoms with Gasteiger partial charge >= 0.3 is 35.7 Å². The third-order valence-corrected chi connectivity index (χ3v) is 7.57. The third-order valence-electron chi connectivity index (χ3n) is 4.86. The standard InChI is InChI=1S/C16H17N3O8S.Na/c1-16(7-27-15(17)24)11(14(22)23)19-12(21)10(13(19)28(16,25)26)5-9-4-8(6-20)2-3-18-9;/h2-5,11,13,20H,6-7H2,1H3,(H2,17,24)(H,22,23);/q;+1/p-1/b10-5-;/t11-,13+,16-;/m0./s1. The van der Waals surface area contributed by atoms with Gasteiger partial charge in [0.05, 0.1) is 29.9 Å². The number of aliphatic carboxylic acids is 1. The number of β-lactam (4-membered cyclic amide) rings is 1. The summed E-state index contributed by atoms with van der Waals surface area (Å²) in [4.78, 5) is 39.7. The summed E-state index contributed by atoms with van der Waals surface area (Å²) in [5, 5.41) is 19.3. The van der Waals surface area contributed by atoms with Crippen LogP contribution in [0.1, 0.15) is 18.2 Å². The number of sulfone groups is 1. The SMILES string of the molecule is C[C@]1(COC(N)=O)[C@H](C(=O)[O-])N2C(=O)/C(=C/c3cc(CO)ccn3)[C@H]2S1(=O)=O.[Na+]. The molecule has 0 radical (unpaired) electrons. The second-order valence-electron chi connectivity index (χ2n) is 6.60. The number of hydrogen-bond acceptors (Lipinski definition) is 9. The Morgan fingerprint density at radius 1 is 1.48 bits per heavy atom. The molecule has 1 aromatic heterocycles. The van der Waals surface area contributed by atoms with Crippen LogP contribution in [-0.4, -0.2) is 64.1 Å². The number of aliphatic hydroxyl groups excluding tert-OH is 1. The molecule has 150 valence electrons. The number of carboxylic acid groups (broad SMARTS) is 1. The van der Waals surface area contributed by atoms with E-state index in [-0.39, 0.29) is 47.4 Å². The molecule has 3 N–H and O–H groups in total. The molecule has 2 aliphatic heterocycles. The van der Waals surface area contributed by atoms with E-state index in [9.17, 15) is 33.0 Å². The molecule has 0 bridgehead atoms. The third kappa shape index (κ3) is 3.55. The predicted molar refractivity (Wildman–Crippen MR) is 90.4 cm³/mol.